The molecule has 27 heavy (non-hydrogen) atoms. The smallest absolute Gasteiger partial charge is 0.186 e. The van der Waals surface area contributed by atoms with Crippen LogP contribution in [0.2, 0.25) is 10.0 Å². The second-order valence-electron chi connectivity index (χ2n) is 8.85. The Morgan fingerprint density at radius 1 is 0.926 bits per heavy atom. The summed E-state index contributed by atoms with van der Waals surface area (Å²) < 4.78 is 0. The number of allylic oxidation sites excluding steroid dienone is 1. The van der Waals surface area contributed by atoms with Crippen molar-refractivity contribution in [1.82, 2.24) is 0 Å². The molecule has 0 spiro atoms. The standard InChI is InChI=1S/C24H26Cl2O/c1-15-12-18-19(24(4,5)11-10-23(18,2)3)14-17(15)22(27)9-7-16-6-8-20(25)21(26)13-16/h6-9,12-14H,10-11H2,1-5H3/b9-7+. The lowest BCUT2D eigenvalue weighted by molar-refractivity contribution is 0.104. The minimum atomic E-state index is 0.0144. The van der Waals surface area contributed by atoms with Crippen molar-refractivity contribution in [1.29, 1.82) is 0 Å². The van der Waals surface area contributed by atoms with Crippen molar-refractivity contribution >= 4 is 35.1 Å². The van der Waals surface area contributed by atoms with E-state index in [1.54, 1.807) is 24.3 Å². The highest BCUT2D eigenvalue weighted by molar-refractivity contribution is 6.42. The molecule has 0 aliphatic heterocycles. The van der Waals surface area contributed by atoms with Gasteiger partial charge in [0.25, 0.3) is 0 Å². The molecule has 3 heteroatoms. The minimum Gasteiger partial charge on any atom is -0.289 e. The summed E-state index contributed by atoms with van der Waals surface area (Å²) in [4.78, 5) is 12.9. The molecule has 142 valence electrons. The number of rotatable bonds is 3. The van der Waals surface area contributed by atoms with Crippen LogP contribution >= 0.6 is 23.2 Å². The van der Waals surface area contributed by atoms with Crippen LogP contribution in [-0.2, 0) is 10.8 Å². The average Bonchev–Trinajstić information content (AvgIpc) is 2.59. The van der Waals surface area contributed by atoms with Gasteiger partial charge < -0.3 is 0 Å². The lowest BCUT2D eigenvalue weighted by atomic mass is 9.62. The van der Waals surface area contributed by atoms with Gasteiger partial charge in [0.2, 0.25) is 0 Å². The second kappa shape index (κ2) is 7.11. The van der Waals surface area contributed by atoms with Crippen LogP contribution < -0.4 is 0 Å². The van der Waals surface area contributed by atoms with E-state index in [1.165, 1.54) is 11.1 Å². The molecule has 0 unspecified atom stereocenters. The highest BCUT2D eigenvalue weighted by atomic mass is 35.5. The number of hydrogen-bond acceptors (Lipinski definition) is 1. The number of carbonyl (C=O) groups is 1. The maximum Gasteiger partial charge on any atom is 0.186 e. The third kappa shape index (κ3) is 4.00. The summed E-state index contributed by atoms with van der Waals surface area (Å²) in [7, 11) is 0. The SMILES string of the molecule is Cc1cc2c(cc1C(=O)/C=C/c1ccc(Cl)c(Cl)c1)C(C)(C)CCC2(C)C. The lowest BCUT2D eigenvalue weighted by Crippen LogP contribution is -2.34. The van der Waals surface area contributed by atoms with E-state index >= 15 is 0 Å². The van der Waals surface area contributed by atoms with Crippen molar-refractivity contribution < 1.29 is 4.79 Å². The van der Waals surface area contributed by atoms with Gasteiger partial charge in [0, 0.05) is 5.56 Å². The largest absolute Gasteiger partial charge is 0.289 e. The molecule has 1 nitrogen and oxygen atoms in total. The first-order valence-corrected chi connectivity index (χ1v) is 10.1. The van der Waals surface area contributed by atoms with Crippen molar-refractivity contribution in [3.05, 3.63) is 74.3 Å². The Kier molecular flexibility index (Phi) is 5.31. The van der Waals surface area contributed by atoms with Gasteiger partial charge in [-0.05, 0) is 77.1 Å². The summed E-state index contributed by atoms with van der Waals surface area (Å²) in [5.41, 5.74) is 5.57. The van der Waals surface area contributed by atoms with Gasteiger partial charge in [-0.2, -0.15) is 0 Å². The fraction of sp³-hybridized carbons (Fsp3) is 0.375. The summed E-state index contributed by atoms with van der Waals surface area (Å²) in [6.07, 6.45) is 5.70. The van der Waals surface area contributed by atoms with Gasteiger partial charge in [0.1, 0.15) is 0 Å². The molecular formula is C24H26Cl2O. The number of carbonyl (C=O) groups excluding carboxylic acids is 1. The van der Waals surface area contributed by atoms with Crippen molar-refractivity contribution in [3.63, 3.8) is 0 Å². The molecule has 0 saturated carbocycles. The van der Waals surface area contributed by atoms with Crippen LogP contribution in [0.4, 0.5) is 0 Å². The predicted molar refractivity (Wildman–Crippen MR) is 116 cm³/mol. The van der Waals surface area contributed by atoms with E-state index in [4.69, 9.17) is 23.2 Å². The van der Waals surface area contributed by atoms with E-state index in [9.17, 15) is 4.79 Å². The molecule has 0 amide bonds. The fourth-order valence-electron chi connectivity index (χ4n) is 3.87. The molecule has 0 aromatic heterocycles. The van der Waals surface area contributed by atoms with E-state index in [1.807, 2.05) is 13.0 Å². The fourth-order valence-corrected chi connectivity index (χ4v) is 4.17. The number of ketones is 1. The Bertz CT molecular complexity index is 936. The molecule has 1 aliphatic rings. The van der Waals surface area contributed by atoms with Crippen LogP contribution in [0.15, 0.2) is 36.4 Å². The first kappa shape index (κ1) is 20.2. The predicted octanol–water partition coefficient (Wildman–Crippen LogP) is 7.55. The van der Waals surface area contributed by atoms with Crippen molar-refractivity contribution in [2.75, 3.05) is 0 Å². The van der Waals surface area contributed by atoms with Crippen LogP contribution in [0.3, 0.4) is 0 Å². The Hall–Kier alpha value is -1.57. The molecule has 0 N–H and O–H groups in total. The Morgan fingerprint density at radius 3 is 2.11 bits per heavy atom. The van der Waals surface area contributed by atoms with Crippen LogP contribution in [0, 0.1) is 6.92 Å². The van der Waals surface area contributed by atoms with Crippen molar-refractivity contribution in [2.24, 2.45) is 0 Å². The molecule has 0 fully saturated rings. The molecule has 0 bridgehead atoms. The highest BCUT2D eigenvalue weighted by Gasteiger charge is 2.37. The lowest BCUT2D eigenvalue weighted by Gasteiger charge is -2.42. The van der Waals surface area contributed by atoms with Gasteiger partial charge in [-0.1, -0.05) is 69.1 Å². The maximum atomic E-state index is 12.9. The normalized spacial score (nSPS) is 17.7. The summed E-state index contributed by atoms with van der Waals surface area (Å²) in [5.74, 6) is 0.0144. The van der Waals surface area contributed by atoms with Crippen LogP contribution in [-0.4, -0.2) is 5.78 Å². The zero-order valence-electron chi connectivity index (χ0n) is 16.6. The van der Waals surface area contributed by atoms with Gasteiger partial charge in [0.15, 0.2) is 5.78 Å². The molecular weight excluding hydrogens is 375 g/mol. The number of aryl methyl sites for hydroxylation is 1. The molecule has 1 aliphatic carbocycles. The van der Waals surface area contributed by atoms with E-state index in [0.29, 0.717) is 10.0 Å². The number of fused-ring (bicyclic) bond motifs is 1. The van der Waals surface area contributed by atoms with Crippen LogP contribution in [0.1, 0.15) is 73.1 Å². The summed E-state index contributed by atoms with van der Waals surface area (Å²) in [5, 5.41) is 0.996. The van der Waals surface area contributed by atoms with Crippen molar-refractivity contribution in [2.45, 2.75) is 58.3 Å². The molecule has 0 heterocycles. The Morgan fingerprint density at radius 2 is 1.52 bits per heavy atom. The molecule has 2 aromatic carbocycles. The van der Waals surface area contributed by atoms with E-state index in [-0.39, 0.29) is 16.6 Å². The van der Waals surface area contributed by atoms with Gasteiger partial charge in [-0.15, -0.1) is 0 Å². The number of halogens is 2. The van der Waals surface area contributed by atoms with E-state index in [2.05, 4.69) is 39.8 Å². The van der Waals surface area contributed by atoms with Gasteiger partial charge in [0.05, 0.1) is 10.0 Å². The summed E-state index contributed by atoms with van der Waals surface area (Å²) in [6, 6.07) is 9.69. The second-order valence-corrected chi connectivity index (χ2v) is 9.67. The highest BCUT2D eigenvalue weighted by Crippen LogP contribution is 2.46. The Labute approximate surface area is 172 Å². The maximum absolute atomic E-state index is 12.9. The van der Waals surface area contributed by atoms with Crippen molar-refractivity contribution in [3.8, 4) is 0 Å². The summed E-state index contributed by atoms with van der Waals surface area (Å²) >= 11 is 12.0. The number of hydrogen-bond donors (Lipinski definition) is 0. The van der Waals surface area contributed by atoms with Crippen LogP contribution in [0.25, 0.3) is 6.08 Å². The monoisotopic (exact) mass is 400 g/mol. The van der Waals surface area contributed by atoms with E-state index in [0.717, 1.165) is 29.5 Å². The number of benzene rings is 2. The molecule has 0 saturated heterocycles. The topological polar surface area (TPSA) is 17.1 Å². The first-order chi connectivity index (χ1) is 12.5. The van der Waals surface area contributed by atoms with E-state index < -0.39 is 0 Å². The average molecular weight is 401 g/mol. The Balaban J connectivity index is 1.98. The first-order valence-electron chi connectivity index (χ1n) is 9.34. The minimum absolute atomic E-state index is 0.0144. The molecule has 0 radical (unpaired) electrons. The quantitative estimate of drug-likeness (QED) is 0.383. The van der Waals surface area contributed by atoms with Crippen LogP contribution in [0.5, 0.6) is 0 Å². The third-order valence-corrected chi connectivity index (χ3v) is 6.57. The zero-order chi connectivity index (χ0) is 20.0. The zero-order valence-corrected chi connectivity index (χ0v) is 18.1. The molecule has 0 atom stereocenters. The molecule has 3 rings (SSSR count). The van der Waals surface area contributed by atoms with Gasteiger partial charge >= 0.3 is 0 Å². The summed E-state index contributed by atoms with van der Waals surface area (Å²) in [6.45, 7) is 11.2. The molecule has 2 aromatic rings. The third-order valence-electron chi connectivity index (χ3n) is 5.83. The van der Waals surface area contributed by atoms with Gasteiger partial charge in [-0.25, -0.2) is 0 Å². The van der Waals surface area contributed by atoms with Gasteiger partial charge in [-0.3, -0.25) is 4.79 Å².